The smallest absolute Gasteiger partial charge is 0.306 e. The Morgan fingerprint density at radius 3 is 2.40 bits per heavy atom. The monoisotopic (exact) mass is 859 g/mol. The Morgan fingerprint density at radius 1 is 1.03 bits per heavy atom. The Balaban J connectivity index is 0.00000683. The van der Waals surface area contributed by atoms with Crippen LogP contribution in [-0.4, -0.2) is 105 Å². The van der Waals surface area contributed by atoms with Gasteiger partial charge in [0.2, 0.25) is 11.7 Å². The highest BCUT2D eigenvalue weighted by Gasteiger charge is 2.49. The lowest BCUT2D eigenvalue weighted by atomic mass is 9.71. The summed E-state index contributed by atoms with van der Waals surface area (Å²) in [6, 6.07) is 3.61. The molecule has 8 N–H and O–H groups in total. The van der Waals surface area contributed by atoms with E-state index in [1.807, 2.05) is 0 Å². The maximum absolute atomic E-state index is 14.0. The van der Waals surface area contributed by atoms with E-state index in [9.17, 15) is 44.7 Å². The molecule has 17 heteroatoms. The molecule has 0 spiro atoms. The highest BCUT2D eigenvalue weighted by atomic mass is 35.5. The van der Waals surface area contributed by atoms with Crippen LogP contribution >= 0.6 is 12.4 Å². The molecule has 60 heavy (non-hydrogen) atoms. The lowest BCUT2D eigenvalue weighted by molar-refractivity contribution is -0.245. The van der Waals surface area contributed by atoms with Gasteiger partial charge in [0, 0.05) is 54.8 Å². The van der Waals surface area contributed by atoms with Crippen LogP contribution in [0.1, 0.15) is 135 Å². The number of esters is 1. The largest absolute Gasteiger partial charge is 0.507 e. The van der Waals surface area contributed by atoms with Crippen LogP contribution in [0, 0.1) is 17.8 Å². The van der Waals surface area contributed by atoms with Crippen molar-refractivity contribution in [3.05, 3.63) is 51.6 Å². The van der Waals surface area contributed by atoms with Crippen LogP contribution in [0.4, 0.5) is 0 Å². The van der Waals surface area contributed by atoms with Crippen LogP contribution in [0.15, 0.2) is 23.3 Å². The fourth-order valence-corrected chi connectivity index (χ4v) is 9.12. The van der Waals surface area contributed by atoms with Crippen LogP contribution in [-0.2, 0) is 30.2 Å². The Bertz CT molecular complexity index is 1980. The lowest BCUT2D eigenvalue weighted by Crippen LogP contribution is -2.53. The van der Waals surface area contributed by atoms with Gasteiger partial charge in [-0.25, -0.2) is 5.43 Å². The molecule has 3 aliphatic carbocycles. The molecule has 1 saturated heterocycles. The van der Waals surface area contributed by atoms with Gasteiger partial charge in [-0.3, -0.25) is 19.2 Å². The summed E-state index contributed by atoms with van der Waals surface area (Å²) < 4.78 is 23.4. The van der Waals surface area contributed by atoms with E-state index in [0.717, 1.165) is 19.3 Å². The second-order valence-electron chi connectivity index (χ2n) is 16.9. The van der Waals surface area contributed by atoms with Gasteiger partial charge in [0.25, 0.3) is 0 Å². The van der Waals surface area contributed by atoms with Crippen LogP contribution in [0.5, 0.6) is 17.2 Å². The van der Waals surface area contributed by atoms with Crippen LogP contribution in [0.3, 0.4) is 0 Å². The number of nitrogens with one attached hydrogen (secondary N) is 1. The number of carbonyl (C=O) groups excluding carboxylic acids is 4. The van der Waals surface area contributed by atoms with Gasteiger partial charge in [0.1, 0.15) is 29.0 Å². The Kier molecular flexibility index (Phi) is 15.1. The number of amides is 1. The zero-order valence-corrected chi connectivity index (χ0v) is 35.5. The zero-order chi connectivity index (χ0) is 42.9. The van der Waals surface area contributed by atoms with Gasteiger partial charge in [-0.05, 0) is 56.4 Å². The molecular weight excluding hydrogens is 802 g/mol. The van der Waals surface area contributed by atoms with E-state index >= 15 is 0 Å². The maximum atomic E-state index is 14.0. The molecule has 1 amide bonds. The van der Waals surface area contributed by atoms with E-state index in [4.69, 9.17) is 24.7 Å². The van der Waals surface area contributed by atoms with E-state index < -0.39 is 95.8 Å². The molecule has 1 aliphatic heterocycles. The number of ketones is 2. The topological polar surface area (TPSA) is 257 Å². The number of nitrogens with two attached hydrogens (primary N) is 1. The molecule has 1 saturated carbocycles. The van der Waals surface area contributed by atoms with Crippen LogP contribution in [0.25, 0.3) is 0 Å². The number of carbonyl (C=O) groups is 4. The fraction of sp³-hybridized carbons (Fsp3) is 0.605. The van der Waals surface area contributed by atoms with Gasteiger partial charge in [-0.15, -0.1) is 12.4 Å². The highest BCUT2D eigenvalue weighted by molar-refractivity contribution is 6.31. The first kappa shape index (κ1) is 46.9. The molecule has 0 aromatic heterocycles. The number of fused-ring (bicyclic) bond motifs is 3. The third kappa shape index (κ3) is 9.34. The number of hydrogen-bond donors (Lipinski definition) is 7. The minimum absolute atomic E-state index is 0. The van der Waals surface area contributed by atoms with Crippen molar-refractivity contribution >= 4 is 41.6 Å². The number of benzene rings is 2. The number of phenolic OH excluding ortho intramolecular Hbond substituents is 2. The predicted molar refractivity (Wildman–Crippen MR) is 219 cm³/mol. The molecular formula is C43H58ClN3O13. The van der Waals surface area contributed by atoms with E-state index in [1.54, 1.807) is 6.92 Å². The number of methoxy groups -OCH3 is 1. The van der Waals surface area contributed by atoms with Crippen molar-refractivity contribution < 1.29 is 63.7 Å². The summed E-state index contributed by atoms with van der Waals surface area (Å²) in [6.07, 6.45) is -1.53. The summed E-state index contributed by atoms with van der Waals surface area (Å²) in [5.41, 5.74) is 4.62. The van der Waals surface area contributed by atoms with Gasteiger partial charge in [0.15, 0.2) is 12.1 Å². The number of halogens is 1. The van der Waals surface area contributed by atoms with Gasteiger partial charge < -0.3 is 50.2 Å². The number of aliphatic hydroxyl groups is 3. The molecule has 2 aromatic carbocycles. The number of aromatic hydroxyl groups is 2. The molecule has 0 bridgehead atoms. The summed E-state index contributed by atoms with van der Waals surface area (Å²) in [6.45, 7) is 7.17. The second kappa shape index (κ2) is 19.3. The molecule has 0 radical (unpaired) electrons. The van der Waals surface area contributed by atoms with Crippen molar-refractivity contribution in [2.24, 2.45) is 28.6 Å². The molecule has 9 atom stereocenters. The number of hydrazone groups is 1. The fourth-order valence-electron chi connectivity index (χ4n) is 9.12. The molecule has 0 unspecified atom stereocenters. The number of nitrogens with zero attached hydrogens (tertiary/aromatic N) is 1. The van der Waals surface area contributed by atoms with E-state index in [-0.39, 0.29) is 77.5 Å². The minimum atomic E-state index is -2.16. The molecule has 4 aliphatic rings. The normalized spacial score (nSPS) is 28.9. The summed E-state index contributed by atoms with van der Waals surface area (Å²) in [5.74, 6) is -2.50. The summed E-state index contributed by atoms with van der Waals surface area (Å²) >= 11 is 0. The SMILES string of the molecule is COc1cccc2c1C(=O)c1c(O)c3c(c(O)c1C2=O)C[C@@](O)(/C(CO)=N/NC(=O)CCCCC(=O)O[C@@H]1C[C@H](C)CC[C@H]1C(C)C)C[C@@H]3O[C@H]1C[C@H](N)[C@H](O)[C@H](C)O1.Cl. The Hall–Kier alpha value is -4.16. The van der Waals surface area contributed by atoms with Gasteiger partial charge in [-0.1, -0.05) is 39.3 Å². The number of hydrogen-bond acceptors (Lipinski definition) is 15. The number of ether oxygens (including phenoxy) is 4. The van der Waals surface area contributed by atoms with Crippen LogP contribution in [0.2, 0.25) is 0 Å². The first-order chi connectivity index (χ1) is 28.0. The average Bonchev–Trinajstić information content (AvgIpc) is 3.18. The van der Waals surface area contributed by atoms with Gasteiger partial charge in [0.05, 0.1) is 54.4 Å². The van der Waals surface area contributed by atoms with E-state index in [1.165, 1.54) is 25.3 Å². The number of rotatable bonds is 13. The Labute approximate surface area is 355 Å². The summed E-state index contributed by atoms with van der Waals surface area (Å²) in [4.78, 5) is 53.6. The number of aliphatic hydroxyl groups excluding tert-OH is 2. The highest BCUT2D eigenvalue weighted by Crippen LogP contribution is 2.52. The summed E-state index contributed by atoms with van der Waals surface area (Å²) in [5, 5.41) is 60.9. The predicted octanol–water partition coefficient (Wildman–Crippen LogP) is 3.89. The maximum Gasteiger partial charge on any atom is 0.306 e. The molecule has 2 aromatic rings. The zero-order valence-electron chi connectivity index (χ0n) is 34.6. The van der Waals surface area contributed by atoms with E-state index in [0.29, 0.717) is 30.6 Å². The average molecular weight is 860 g/mol. The molecule has 330 valence electrons. The lowest BCUT2D eigenvalue weighted by Gasteiger charge is -2.43. The standard InChI is InChI=1S/C43H57N3O13.ClH/c1-20(2)23-14-13-21(3)15-28(23)58-32(49)12-7-6-11-31(48)46-45-30(19-47)43(55)17-25-35(29(18-43)59-33-16-26(44)38(50)22(4)57-33)42(54)37-36(40(25)52)39(51)24-9-8-10-27(56-5)34(24)41(37)53;/h8-10,20-23,26,28-29,33,38,47,50,52,54-55H,6-7,11-19,44H2,1-5H3,(H,46,48);1H/b45-30+;/t21-,22+,23+,26+,28-,29+,33+,38-,43+;/m1./s1. The molecule has 16 nitrogen and oxygen atoms in total. The summed E-state index contributed by atoms with van der Waals surface area (Å²) in [7, 11) is 1.33. The van der Waals surface area contributed by atoms with Crippen molar-refractivity contribution in [3.8, 4) is 17.2 Å². The third-order valence-corrected chi connectivity index (χ3v) is 12.4. The van der Waals surface area contributed by atoms with Crippen molar-refractivity contribution in [2.75, 3.05) is 13.7 Å². The van der Waals surface area contributed by atoms with E-state index in [2.05, 4.69) is 31.3 Å². The minimum Gasteiger partial charge on any atom is -0.507 e. The number of unbranched alkanes of at least 4 members (excludes halogenated alkanes) is 1. The molecule has 6 rings (SSSR count). The first-order valence-corrected chi connectivity index (χ1v) is 20.5. The molecule has 2 fully saturated rings. The van der Waals surface area contributed by atoms with Crippen molar-refractivity contribution in [2.45, 2.75) is 134 Å². The van der Waals surface area contributed by atoms with Gasteiger partial charge in [-0.2, -0.15) is 5.10 Å². The molecule has 1 heterocycles. The van der Waals surface area contributed by atoms with Crippen molar-refractivity contribution in [1.82, 2.24) is 5.43 Å². The first-order valence-electron chi connectivity index (χ1n) is 20.5. The van der Waals surface area contributed by atoms with Crippen LogP contribution < -0.4 is 15.9 Å². The van der Waals surface area contributed by atoms with Gasteiger partial charge >= 0.3 is 5.97 Å². The number of phenols is 2. The third-order valence-electron chi connectivity index (χ3n) is 12.4. The Morgan fingerprint density at radius 2 is 1.73 bits per heavy atom. The second-order valence-corrected chi connectivity index (χ2v) is 16.9. The van der Waals surface area contributed by atoms with Crippen molar-refractivity contribution in [3.63, 3.8) is 0 Å². The van der Waals surface area contributed by atoms with Crippen molar-refractivity contribution in [1.29, 1.82) is 0 Å². The quantitative estimate of drug-likeness (QED) is 0.0423.